The number of aryl methyl sites for hydroxylation is 1. The topological polar surface area (TPSA) is 88.7 Å². The van der Waals surface area contributed by atoms with Crippen molar-refractivity contribution in [3.8, 4) is 11.4 Å². The van der Waals surface area contributed by atoms with Gasteiger partial charge < -0.3 is 24.4 Å². The molecule has 36 heavy (non-hydrogen) atoms. The number of nitro groups is 1. The van der Waals surface area contributed by atoms with Crippen molar-refractivity contribution in [1.29, 1.82) is 0 Å². The molecular weight excluding hydrogens is 476 g/mol. The van der Waals surface area contributed by atoms with Gasteiger partial charge in [-0.05, 0) is 89.0 Å². The molecule has 1 fully saturated rings. The molecule has 1 aliphatic rings. The van der Waals surface area contributed by atoms with Crippen LogP contribution < -0.4 is 10.1 Å². The Kier molecular flexibility index (Phi) is 7.56. The largest absolute Gasteiger partial charge is 0.496 e. The average Bonchev–Trinajstić information content (AvgIpc) is 3.33. The minimum absolute atomic E-state index is 0.00752. The molecule has 0 aliphatic carbocycles. The number of nitro benzene ring substituents is 1. The van der Waals surface area contributed by atoms with Gasteiger partial charge >= 0.3 is 0 Å². The maximum Gasteiger partial charge on any atom is 0.296 e. The summed E-state index contributed by atoms with van der Waals surface area (Å²) in [7, 11) is 5.62. The van der Waals surface area contributed by atoms with Gasteiger partial charge in [0.2, 0.25) is 0 Å². The van der Waals surface area contributed by atoms with Crippen molar-refractivity contribution >= 4 is 23.0 Å². The van der Waals surface area contributed by atoms with Crippen molar-refractivity contribution in [2.75, 3.05) is 34.3 Å². The highest BCUT2D eigenvalue weighted by atomic mass is 32.1. The van der Waals surface area contributed by atoms with E-state index < -0.39 is 0 Å². The molecule has 1 aliphatic heterocycles. The quantitative estimate of drug-likeness (QED) is 0.260. The molecule has 1 saturated heterocycles. The van der Waals surface area contributed by atoms with Gasteiger partial charge in [-0.1, -0.05) is 6.07 Å². The molecule has 0 spiro atoms. The van der Waals surface area contributed by atoms with Crippen molar-refractivity contribution in [3.63, 3.8) is 0 Å². The second-order valence-corrected chi connectivity index (χ2v) is 9.64. The summed E-state index contributed by atoms with van der Waals surface area (Å²) < 4.78 is 7.18. The van der Waals surface area contributed by atoms with Crippen LogP contribution in [0.15, 0.2) is 48.7 Å². The molecule has 0 amide bonds. The highest BCUT2D eigenvalue weighted by Crippen LogP contribution is 2.42. The van der Waals surface area contributed by atoms with Gasteiger partial charge in [0.05, 0.1) is 35.9 Å². The number of hydrogen-bond acceptors (Lipinski definition) is 6. The predicted octanol–water partition coefficient (Wildman–Crippen LogP) is 4.33. The fourth-order valence-corrected chi connectivity index (χ4v) is 5.30. The van der Waals surface area contributed by atoms with Crippen LogP contribution in [-0.4, -0.2) is 63.7 Å². The maximum atomic E-state index is 11.9. The third kappa shape index (κ3) is 4.91. The van der Waals surface area contributed by atoms with E-state index in [-0.39, 0.29) is 22.7 Å². The van der Waals surface area contributed by atoms with Gasteiger partial charge in [0.1, 0.15) is 11.4 Å². The zero-order chi connectivity index (χ0) is 26.0. The maximum absolute atomic E-state index is 11.9. The van der Waals surface area contributed by atoms with E-state index in [1.165, 1.54) is 13.2 Å². The van der Waals surface area contributed by atoms with Crippen LogP contribution in [0, 0.1) is 24.0 Å². The van der Waals surface area contributed by atoms with Gasteiger partial charge in [-0.15, -0.1) is 0 Å². The summed E-state index contributed by atoms with van der Waals surface area (Å²) in [5, 5.41) is 16.1. The molecule has 1 N–H and O–H groups in total. The van der Waals surface area contributed by atoms with Crippen molar-refractivity contribution in [1.82, 2.24) is 24.7 Å². The Labute approximate surface area is 216 Å². The standard InChI is InChI=1S/C26H32N6O3S/c1-17-15-20(18(2)31(17)22-11-10-19(35-5)16-23(22)32(33)34)25-24(21-9-6-7-12-27-21)28-26(36)30(25)14-8-13-29(3)4/h6-7,9-12,15-16,24-25H,8,13-14H2,1-5H3,(H,28,36)/t24-,25+/m0/s1. The minimum atomic E-state index is -0.368. The Morgan fingerprint density at radius 3 is 2.64 bits per heavy atom. The van der Waals surface area contributed by atoms with Crippen LogP contribution in [0.1, 0.15) is 41.1 Å². The first-order valence-electron chi connectivity index (χ1n) is 11.9. The van der Waals surface area contributed by atoms with Gasteiger partial charge in [-0.3, -0.25) is 15.1 Å². The highest BCUT2D eigenvalue weighted by molar-refractivity contribution is 7.80. The van der Waals surface area contributed by atoms with Crippen LogP contribution in [-0.2, 0) is 0 Å². The molecular formula is C26H32N6O3S. The van der Waals surface area contributed by atoms with Crippen molar-refractivity contribution in [2.45, 2.75) is 32.4 Å². The van der Waals surface area contributed by atoms with Gasteiger partial charge in [0, 0.05) is 24.1 Å². The molecule has 1 aromatic carbocycles. The Balaban J connectivity index is 1.82. The predicted molar refractivity (Wildman–Crippen MR) is 144 cm³/mol. The van der Waals surface area contributed by atoms with E-state index in [9.17, 15) is 10.1 Å². The molecule has 10 heteroatoms. The lowest BCUT2D eigenvalue weighted by atomic mass is 9.96. The van der Waals surface area contributed by atoms with Crippen LogP contribution in [0.5, 0.6) is 5.75 Å². The summed E-state index contributed by atoms with van der Waals surface area (Å²) in [5.41, 5.74) is 4.29. The van der Waals surface area contributed by atoms with Crippen LogP contribution >= 0.6 is 12.2 Å². The smallest absolute Gasteiger partial charge is 0.296 e. The number of aromatic nitrogens is 2. The van der Waals surface area contributed by atoms with Crippen LogP contribution in [0.4, 0.5) is 5.69 Å². The van der Waals surface area contributed by atoms with Crippen LogP contribution in [0.3, 0.4) is 0 Å². The first-order chi connectivity index (χ1) is 17.2. The molecule has 3 aromatic rings. The Morgan fingerprint density at radius 1 is 1.22 bits per heavy atom. The molecule has 4 rings (SSSR count). The fourth-order valence-electron chi connectivity index (χ4n) is 4.97. The molecule has 3 heterocycles. The number of hydrogen-bond donors (Lipinski definition) is 1. The zero-order valence-corrected chi connectivity index (χ0v) is 22.1. The Morgan fingerprint density at radius 2 is 2.00 bits per heavy atom. The minimum Gasteiger partial charge on any atom is -0.496 e. The molecule has 0 unspecified atom stereocenters. The van der Waals surface area contributed by atoms with Gasteiger partial charge in [-0.2, -0.15) is 0 Å². The molecule has 190 valence electrons. The van der Waals surface area contributed by atoms with Crippen molar-refractivity contribution < 1.29 is 9.66 Å². The Bertz CT molecular complexity index is 1260. The van der Waals surface area contributed by atoms with E-state index in [0.717, 1.165) is 42.2 Å². The SMILES string of the molecule is COc1ccc(-n2c(C)cc([C@@H]3[C@H](c4ccccn4)NC(=S)N3CCCN(C)C)c2C)c([N+](=O)[O-])c1. The molecule has 2 atom stereocenters. The van der Waals surface area contributed by atoms with E-state index in [1.54, 1.807) is 18.3 Å². The normalized spacial score (nSPS) is 17.5. The second-order valence-electron chi connectivity index (χ2n) is 9.25. The molecule has 2 aromatic heterocycles. The zero-order valence-electron chi connectivity index (χ0n) is 21.3. The van der Waals surface area contributed by atoms with Gasteiger partial charge in [-0.25, -0.2) is 0 Å². The van der Waals surface area contributed by atoms with Crippen LogP contribution in [0.25, 0.3) is 5.69 Å². The second kappa shape index (κ2) is 10.6. The number of ether oxygens (including phenoxy) is 1. The fraction of sp³-hybridized carbons (Fsp3) is 0.385. The lowest BCUT2D eigenvalue weighted by molar-refractivity contribution is -0.384. The van der Waals surface area contributed by atoms with E-state index in [4.69, 9.17) is 17.0 Å². The first kappa shape index (κ1) is 25.6. The number of nitrogens with one attached hydrogen (secondary N) is 1. The summed E-state index contributed by atoms with van der Waals surface area (Å²) in [6.07, 6.45) is 2.73. The summed E-state index contributed by atoms with van der Waals surface area (Å²) in [6.45, 7) is 5.70. The molecule has 0 saturated carbocycles. The first-order valence-corrected chi connectivity index (χ1v) is 12.3. The lowest BCUT2D eigenvalue weighted by Crippen LogP contribution is -2.32. The van der Waals surface area contributed by atoms with Crippen LogP contribution in [0.2, 0.25) is 0 Å². The van der Waals surface area contributed by atoms with E-state index >= 15 is 0 Å². The molecule has 0 radical (unpaired) electrons. The number of pyridine rings is 1. The monoisotopic (exact) mass is 508 g/mol. The summed E-state index contributed by atoms with van der Waals surface area (Å²) >= 11 is 5.80. The van der Waals surface area contributed by atoms with E-state index in [2.05, 4.69) is 40.3 Å². The highest BCUT2D eigenvalue weighted by Gasteiger charge is 2.41. The van der Waals surface area contributed by atoms with Crippen molar-refractivity contribution in [2.24, 2.45) is 0 Å². The lowest BCUT2D eigenvalue weighted by Gasteiger charge is -2.28. The van der Waals surface area contributed by atoms with E-state index in [0.29, 0.717) is 16.5 Å². The summed E-state index contributed by atoms with van der Waals surface area (Å²) in [4.78, 5) is 20.6. The number of nitrogens with zero attached hydrogens (tertiary/aromatic N) is 5. The number of rotatable bonds is 9. The van der Waals surface area contributed by atoms with E-state index in [1.807, 2.05) is 36.6 Å². The Hall–Kier alpha value is -3.50. The number of benzene rings is 1. The number of thiocarbonyl (C=S) groups is 1. The van der Waals surface area contributed by atoms with Gasteiger partial charge in [0.25, 0.3) is 5.69 Å². The summed E-state index contributed by atoms with van der Waals surface area (Å²) in [5.74, 6) is 0.445. The average molecular weight is 509 g/mol. The third-order valence-electron chi connectivity index (χ3n) is 6.61. The van der Waals surface area contributed by atoms with Crippen molar-refractivity contribution in [3.05, 3.63) is 81.4 Å². The molecule has 0 bridgehead atoms. The summed E-state index contributed by atoms with van der Waals surface area (Å²) in [6, 6.07) is 12.7. The van der Waals surface area contributed by atoms with Gasteiger partial charge in [0.15, 0.2) is 5.11 Å². The third-order valence-corrected chi connectivity index (χ3v) is 6.96. The molecule has 9 nitrogen and oxygen atoms in total. The number of methoxy groups -OCH3 is 1.